The summed E-state index contributed by atoms with van der Waals surface area (Å²) in [6, 6.07) is 3.48. The number of aryl methyl sites for hydroxylation is 3. The van der Waals surface area contributed by atoms with E-state index in [2.05, 4.69) is 0 Å². The molecule has 1 aromatic carbocycles. The van der Waals surface area contributed by atoms with Crippen molar-refractivity contribution >= 4 is 10.0 Å². The first kappa shape index (κ1) is 17.3. The average Bonchev–Trinajstić information content (AvgIpc) is 2.36. The minimum absolute atomic E-state index is 0.0125. The van der Waals surface area contributed by atoms with Gasteiger partial charge in [0.2, 0.25) is 10.0 Å². The molecule has 1 aromatic rings. The fraction of sp³-hybridized carbons (Fsp3) is 0.600. The van der Waals surface area contributed by atoms with E-state index in [0.717, 1.165) is 9.87 Å². The molecule has 1 saturated heterocycles. The zero-order chi connectivity index (χ0) is 16.7. The second-order valence-electron chi connectivity index (χ2n) is 5.97. The Balaban J connectivity index is 2.39. The van der Waals surface area contributed by atoms with Crippen molar-refractivity contribution in [2.75, 3.05) is 13.1 Å². The van der Waals surface area contributed by atoms with E-state index in [9.17, 15) is 21.6 Å². The molecule has 0 bridgehead atoms. The van der Waals surface area contributed by atoms with Crippen LogP contribution in [0.15, 0.2) is 17.0 Å². The van der Waals surface area contributed by atoms with Crippen molar-refractivity contribution in [1.82, 2.24) is 4.31 Å². The van der Waals surface area contributed by atoms with Gasteiger partial charge in [-0.15, -0.1) is 0 Å². The lowest BCUT2D eigenvalue weighted by molar-refractivity contribution is -0.182. The largest absolute Gasteiger partial charge is 0.393 e. The molecule has 22 heavy (non-hydrogen) atoms. The fourth-order valence-corrected chi connectivity index (χ4v) is 5.07. The van der Waals surface area contributed by atoms with Crippen molar-refractivity contribution in [3.05, 3.63) is 28.8 Å². The highest BCUT2D eigenvalue weighted by Crippen LogP contribution is 2.36. The third-order valence-electron chi connectivity index (χ3n) is 4.05. The molecule has 0 spiro atoms. The van der Waals surface area contributed by atoms with Crippen molar-refractivity contribution in [2.45, 2.75) is 44.7 Å². The maximum atomic E-state index is 12.9. The Kier molecular flexibility index (Phi) is 4.59. The SMILES string of the molecule is Cc1cc(C)c(S(=O)(=O)N2CCC[C@H](C(F)(F)F)C2)c(C)c1. The lowest BCUT2D eigenvalue weighted by atomic mass is 9.99. The first-order chi connectivity index (χ1) is 10.0. The highest BCUT2D eigenvalue weighted by Gasteiger charge is 2.44. The van der Waals surface area contributed by atoms with Gasteiger partial charge in [-0.3, -0.25) is 0 Å². The highest BCUT2D eigenvalue weighted by molar-refractivity contribution is 7.89. The van der Waals surface area contributed by atoms with Gasteiger partial charge in [0.25, 0.3) is 0 Å². The molecular formula is C15H20F3NO2S. The molecule has 0 aliphatic carbocycles. The molecular weight excluding hydrogens is 315 g/mol. The van der Waals surface area contributed by atoms with E-state index in [1.165, 1.54) is 0 Å². The van der Waals surface area contributed by atoms with Crippen molar-refractivity contribution in [3.63, 3.8) is 0 Å². The standard InChI is InChI=1S/C15H20F3NO2S/c1-10-7-11(2)14(12(3)8-10)22(20,21)19-6-4-5-13(9-19)15(16,17)18/h7-8,13H,4-6,9H2,1-3H3/t13-/m0/s1. The van der Waals surface area contributed by atoms with Crippen LogP contribution in [0.3, 0.4) is 0 Å². The van der Waals surface area contributed by atoms with Crippen LogP contribution in [0.25, 0.3) is 0 Å². The van der Waals surface area contributed by atoms with Crippen LogP contribution in [0, 0.1) is 26.7 Å². The summed E-state index contributed by atoms with van der Waals surface area (Å²) < 4.78 is 65.2. The predicted molar refractivity (Wildman–Crippen MR) is 78.2 cm³/mol. The second kappa shape index (κ2) is 5.85. The monoisotopic (exact) mass is 335 g/mol. The molecule has 1 fully saturated rings. The Hall–Kier alpha value is -1.08. The Bertz CT molecular complexity index is 645. The van der Waals surface area contributed by atoms with E-state index in [-0.39, 0.29) is 24.3 Å². The lowest BCUT2D eigenvalue weighted by Crippen LogP contribution is -2.44. The number of nitrogens with zero attached hydrogens (tertiary/aromatic N) is 1. The summed E-state index contributed by atoms with van der Waals surface area (Å²) in [5.74, 6) is -1.58. The van der Waals surface area contributed by atoms with E-state index in [0.29, 0.717) is 11.1 Å². The Labute approximate surface area is 129 Å². The van der Waals surface area contributed by atoms with Gasteiger partial charge < -0.3 is 0 Å². The average molecular weight is 335 g/mol. The number of piperidine rings is 1. The molecule has 0 saturated carbocycles. The topological polar surface area (TPSA) is 37.4 Å². The third-order valence-corrected chi connectivity index (χ3v) is 6.22. The minimum Gasteiger partial charge on any atom is -0.207 e. The third kappa shape index (κ3) is 3.30. The summed E-state index contributed by atoms with van der Waals surface area (Å²) in [6.07, 6.45) is -4.14. The number of hydrogen-bond acceptors (Lipinski definition) is 2. The zero-order valence-corrected chi connectivity index (χ0v) is 13.7. The number of benzene rings is 1. The van der Waals surface area contributed by atoms with E-state index in [1.54, 1.807) is 26.0 Å². The van der Waals surface area contributed by atoms with E-state index in [1.807, 2.05) is 6.92 Å². The second-order valence-corrected chi connectivity index (χ2v) is 7.85. The minimum atomic E-state index is -4.36. The van der Waals surface area contributed by atoms with Gasteiger partial charge in [0, 0.05) is 13.1 Å². The summed E-state index contributed by atoms with van der Waals surface area (Å²) in [7, 11) is -3.90. The molecule has 2 rings (SSSR count). The van der Waals surface area contributed by atoms with Gasteiger partial charge >= 0.3 is 6.18 Å². The predicted octanol–water partition coefficient (Wildman–Crippen LogP) is 3.57. The van der Waals surface area contributed by atoms with Gasteiger partial charge in [0.15, 0.2) is 0 Å². The van der Waals surface area contributed by atoms with Gasteiger partial charge in [0.1, 0.15) is 0 Å². The Morgan fingerprint density at radius 3 is 2.18 bits per heavy atom. The smallest absolute Gasteiger partial charge is 0.207 e. The Morgan fingerprint density at radius 2 is 1.68 bits per heavy atom. The normalized spacial score (nSPS) is 21.1. The maximum absolute atomic E-state index is 12.9. The van der Waals surface area contributed by atoms with Gasteiger partial charge in [-0.1, -0.05) is 17.7 Å². The lowest BCUT2D eigenvalue weighted by Gasteiger charge is -2.33. The molecule has 1 heterocycles. The van der Waals surface area contributed by atoms with Crippen molar-refractivity contribution in [1.29, 1.82) is 0 Å². The van der Waals surface area contributed by atoms with Crippen molar-refractivity contribution < 1.29 is 21.6 Å². The first-order valence-electron chi connectivity index (χ1n) is 7.18. The highest BCUT2D eigenvalue weighted by atomic mass is 32.2. The molecule has 0 unspecified atom stereocenters. The molecule has 0 N–H and O–H groups in total. The molecule has 1 aliphatic rings. The van der Waals surface area contributed by atoms with Gasteiger partial charge in [-0.25, -0.2) is 8.42 Å². The van der Waals surface area contributed by atoms with Crippen LogP contribution in [-0.4, -0.2) is 32.0 Å². The summed E-state index contributed by atoms with van der Waals surface area (Å²) in [5, 5.41) is 0. The van der Waals surface area contributed by atoms with Crippen LogP contribution < -0.4 is 0 Å². The van der Waals surface area contributed by atoms with Crippen LogP contribution >= 0.6 is 0 Å². The van der Waals surface area contributed by atoms with Gasteiger partial charge in [0.05, 0.1) is 10.8 Å². The molecule has 1 aliphatic heterocycles. The first-order valence-corrected chi connectivity index (χ1v) is 8.62. The van der Waals surface area contributed by atoms with Crippen LogP contribution in [-0.2, 0) is 10.0 Å². The number of halogens is 3. The number of rotatable bonds is 2. The molecule has 1 atom stereocenters. The summed E-state index contributed by atoms with van der Waals surface area (Å²) in [4.78, 5) is 0.140. The van der Waals surface area contributed by atoms with E-state index >= 15 is 0 Å². The van der Waals surface area contributed by atoms with Gasteiger partial charge in [-0.2, -0.15) is 17.5 Å². The van der Waals surface area contributed by atoms with E-state index < -0.39 is 28.7 Å². The molecule has 7 heteroatoms. The van der Waals surface area contributed by atoms with Crippen molar-refractivity contribution in [2.24, 2.45) is 5.92 Å². The van der Waals surface area contributed by atoms with Crippen molar-refractivity contribution in [3.8, 4) is 0 Å². The molecule has 124 valence electrons. The van der Waals surface area contributed by atoms with Crippen LogP contribution in [0.2, 0.25) is 0 Å². The summed E-state index contributed by atoms with van der Waals surface area (Å²) >= 11 is 0. The number of alkyl halides is 3. The molecule has 3 nitrogen and oxygen atoms in total. The van der Waals surface area contributed by atoms with Crippen LogP contribution in [0.4, 0.5) is 13.2 Å². The molecule has 0 radical (unpaired) electrons. The summed E-state index contributed by atoms with van der Waals surface area (Å²) in [6.45, 7) is 4.87. The van der Waals surface area contributed by atoms with Crippen LogP contribution in [0.1, 0.15) is 29.5 Å². The Morgan fingerprint density at radius 1 is 1.14 bits per heavy atom. The zero-order valence-electron chi connectivity index (χ0n) is 12.9. The van der Waals surface area contributed by atoms with Gasteiger partial charge in [-0.05, 0) is 44.7 Å². The number of sulfonamides is 1. The molecule has 0 amide bonds. The fourth-order valence-electron chi connectivity index (χ4n) is 3.13. The number of hydrogen-bond donors (Lipinski definition) is 0. The maximum Gasteiger partial charge on any atom is 0.393 e. The molecule has 0 aromatic heterocycles. The summed E-state index contributed by atoms with van der Waals surface area (Å²) in [5.41, 5.74) is 2.08. The quantitative estimate of drug-likeness (QED) is 0.828. The van der Waals surface area contributed by atoms with E-state index in [4.69, 9.17) is 0 Å². The van der Waals surface area contributed by atoms with Crippen LogP contribution in [0.5, 0.6) is 0 Å².